The molecule has 3 atom stereocenters. The van der Waals surface area contributed by atoms with Gasteiger partial charge in [-0.3, -0.25) is 4.79 Å². The number of carbonyl (C=O) groups is 1. The Morgan fingerprint density at radius 3 is 2.76 bits per heavy atom. The highest BCUT2D eigenvalue weighted by Gasteiger charge is 2.38. The molecule has 0 aromatic rings. The number of carbonyl (C=O) groups excluding carboxylic acids is 1. The summed E-state index contributed by atoms with van der Waals surface area (Å²) in [4.78, 5) is 11.0. The lowest BCUT2D eigenvalue weighted by Gasteiger charge is -2.41. The minimum Gasteiger partial charge on any atom is -0.370 e. The maximum Gasteiger partial charge on any atom is 0.219 e. The van der Waals surface area contributed by atoms with Gasteiger partial charge >= 0.3 is 0 Å². The first kappa shape index (κ1) is 13.9. The molecule has 1 fully saturated rings. The lowest BCUT2D eigenvalue weighted by atomic mass is 9.69. The van der Waals surface area contributed by atoms with Gasteiger partial charge in [-0.25, -0.2) is 11.0 Å². The number of hydrazine groups is 1. The highest BCUT2D eigenvalue weighted by molar-refractivity contribution is 5.75. The van der Waals surface area contributed by atoms with Crippen molar-refractivity contribution < 1.29 is 4.79 Å². The number of nitrogens with two attached hydrogens (primary N) is 3. The standard InChI is InChI=1S/C11H23N5O/c1-8-5-9(7-15-16(2)14)3-4-11(8,13)6-10(12)17/h7-9H,3-6,13-14H2,1-2H3,(H2,12,17)/t8-,9+,11?/m0/s1. The van der Waals surface area contributed by atoms with Gasteiger partial charge in [-0.2, -0.15) is 5.10 Å². The molecule has 6 N–H and O–H groups in total. The molecule has 98 valence electrons. The van der Waals surface area contributed by atoms with Crippen molar-refractivity contribution in [3.8, 4) is 0 Å². The molecule has 6 heteroatoms. The summed E-state index contributed by atoms with van der Waals surface area (Å²) in [5.41, 5.74) is 11.0. The van der Waals surface area contributed by atoms with Gasteiger partial charge in [-0.15, -0.1) is 0 Å². The van der Waals surface area contributed by atoms with Crippen LogP contribution in [0.5, 0.6) is 0 Å². The molecular weight excluding hydrogens is 218 g/mol. The first-order chi connectivity index (χ1) is 7.83. The molecule has 1 rings (SSSR count). The molecule has 0 heterocycles. The third kappa shape index (κ3) is 3.98. The number of hydrogen-bond acceptors (Lipinski definition) is 5. The topological polar surface area (TPSA) is 111 Å². The SMILES string of the molecule is C[C@H]1C[C@H](C=NN(C)N)CCC1(N)CC(N)=O. The van der Waals surface area contributed by atoms with Crippen LogP contribution >= 0.6 is 0 Å². The monoisotopic (exact) mass is 241 g/mol. The Morgan fingerprint density at radius 2 is 2.29 bits per heavy atom. The van der Waals surface area contributed by atoms with E-state index >= 15 is 0 Å². The first-order valence-electron chi connectivity index (χ1n) is 5.93. The normalized spacial score (nSPS) is 33.9. The Hall–Kier alpha value is -1.14. The van der Waals surface area contributed by atoms with E-state index in [1.165, 1.54) is 5.12 Å². The smallest absolute Gasteiger partial charge is 0.219 e. The number of rotatable bonds is 4. The van der Waals surface area contributed by atoms with Gasteiger partial charge in [0.15, 0.2) is 0 Å². The minimum absolute atomic E-state index is 0.253. The van der Waals surface area contributed by atoms with Crippen molar-refractivity contribution in [1.29, 1.82) is 0 Å². The van der Waals surface area contributed by atoms with E-state index in [9.17, 15) is 4.79 Å². The van der Waals surface area contributed by atoms with Crippen LogP contribution in [0.3, 0.4) is 0 Å². The van der Waals surface area contributed by atoms with Gasteiger partial charge in [-0.1, -0.05) is 6.92 Å². The predicted molar refractivity (Wildman–Crippen MR) is 67.7 cm³/mol. The second-order valence-corrected chi connectivity index (χ2v) is 5.15. The fraction of sp³-hybridized carbons (Fsp3) is 0.818. The molecule has 1 amide bonds. The molecule has 1 saturated carbocycles. The summed E-state index contributed by atoms with van der Waals surface area (Å²) in [5, 5.41) is 5.34. The van der Waals surface area contributed by atoms with Crippen LogP contribution < -0.4 is 17.3 Å². The zero-order valence-corrected chi connectivity index (χ0v) is 10.6. The summed E-state index contributed by atoms with van der Waals surface area (Å²) < 4.78 is 0. The van der Waals surface area contributed by atoms with E-state index in [1.807, 2.05) is 6.21 Å². The second kappa shape index (κ2) is 5.46. The maximum absolute atomic E-state index is 11.0. The molecule has 0 aromatic carbocycles. The van der Waals surface area contributed by atoms with E-state index < -0.39 is 5.54 Å². The van der Waals surface area contributed by atoms with E-state index in [0.717, 1.165) is 19.3 Å². The van der Waals surface area contributed by atoms with Crippen LogP contribution in [-0.2, 0) is 4.79 Å². The molecule has 0 aromatic heterocycles. The molecule has 0 spiro atoms. The zero-order valence-electron chi connectivity index (χ0n) is 10.6. The van der Waals surface area contributed by atoms with E-state index in [1.54, 1.807) is 7.05 Å². The van der Waals surface area contributed by atoms with Crippen molar-refractivity contribution in [2.45, 2.75) is 38.1 Å². The first-order valence-corrected chi connectivity index (χ1v) is 5.93. The molecule has 1 unspecified atom stereocenters. The summed E-state index contributed by atoms with van der Waals surface area (Å²) in [6.45, 7) is 2.06. The third-order valence-electron chi connectivity index (χ3n) is 3.58. The van der Waals surface area contributed by atoms with Crippen molar-refractivity contribution in [3.63, 3.8) is 0 Å². The Balaban J connectivity index is 2.57. The quantitative estimate of drug-likeness (QED) is 0.359. The summed E-state index contributed by atoms with van der Waals surface area (Å²) in [7, 11) is 1.68. The van der Waals surface area contributed by atoms with Gasteiger partial charge < -0.3 is 11.5 Å². The summed E-state index contributed by atoms with van der Waals surface area (Å²) >= 11 is 0. The van der Waals surface area contributed by atoms with Gasteiger partial charge in [0.1, 0.15) is 0 Å². The van der Waals surface area contributed by atoms with Crippen molar-refractivity contribution in [2.75, 3.05) is 7.05 Å². The number of nitrogens with zero attached hydrogens (tertiary/aromatic N) is 2. The van der Waals surface area contributed by atoms with Crippen LogP contribution in [-0.4, -0.2) is 29.8 Å². The van der Waals surface area contributed by atoms with Crippen LogP contribution in [0.2, 0.25) is 0 Å². The highest BCUT2D eigenvalue weighted by Crippen LogP contribution is 2.36. The van der Waals surface area contributed by atoms with Crippen LogP contribution in [0.15, 0.2) is 5.10 Å². The molecule has 0 aliphatic heterocycles. The van der Waals surface area contributed by atoms with Gasteiger partial charge in [-0.05, 0) is 31.1 Å². The van der Waals surface area contributed by atoms with Gasteiger partial charge in [0.25, 0.3) is 0 Å². The van der Waals surface area contributed by atoms with Crippen molar-refractivity contribution in [1.82, 2.24) is 5.12 Å². The largest absolute Gasteiger partial charge is 0.370 e. The van der Waals surface area contributed by atoms with E-state index in [4.69, 9.17) is 17.3 Å². The Kier molecular flexibility index (Phi) is 4.47. The summed E-state index contributed by atoms with van der Waals surface area (Å²) in [5.74, 6) is 5.72. The van der Waals surface area contributed by atoms with Crippen LogP contribution in [0.4, 0.5) is 0 Å². The molecule has 0 saturated heterocycles. The second-order valence-electron chi connectivity index (χ2n) is 5.15. The minimum atomic E-state index is -0.454. The summed E-state index contributed by atoms with van der Waals surface area (Å²) in [6, 6.07) is 0. The fourth-order valence-corrected chi connectivity index (χ4v) is 2.43. The molecule has 0 radical (unpaired) electrons. The van der Waals surface area contributed by atoms with E-state index in [2.05, 4.69) is 12.0 Å². The molecular formula is C11H23N5O. The summed E-state index contributed by atoms with van der Waals surface area (Å²) in [6.07, 6.45) is 4.75. The van der Waals surface area contributed by atoms with Crippen molar-refractivity contribution in [3.05, 3.63) is 0 Å². The lowest BCUT2D eigenvalue weighted by Crippen LogP contribution is -2.52. The Morgan fingerprint density at radius 1 is 1.65 bits per heavy atom. The Labute approximate surface area is 102 Å². The number of primary amides is 1. The fourth-order valence-electron chi connectivity index (χ4n) is 2.43. The average molecular weight is 241 g/mol. The van der Waals surface area contributed by atoms with Crippen LogP contribution in [0.25, 0.3) is 0 Å². The zero-order chi connectivity index (χ0) is 13.1. The van der Waals surface area contributed by atoms with Crippen molar-refractivity contribution in [2.24, 2.45) is 34.2 Å². The molecule has 17 heavy (non-hydrogen) atoms. The predicted octanol–water partition coefficient (Wildman–Crippen LogP) is -0.213. The molecule has 6 nitrogen and oxygen atoms in total. The van der Waals surface area contributed by atoms with E-state index in [0.29, 0.717) is 5.92 Å². The highest BCUT2D eigenvalue weighted by atomic mass is 16.1. The molecule has 1 aliphatic carbocycles. The Bertz CT molecular complexity index is 304. The van der Waals surface area contributed by atoms with E-state index in [-0.39, 0.29) is 18.2 Å². The number of hydrazone groups is 1. The lowest BCUT2D eigenvalue weighted by molar-refractivity contribution is -0.120. The average Bonchev–Trinajstić information content (AvgIpc) is 2.19. The molecule has 0 bridgehead atoms. The number of hydrogen-bond donors (Lipinski definition) is 3. The molecule has 1 aliphatic rings. The number of amides is 1. The van der Waals surface area contributed by atoms with Crippen LogP contribution in [0.1, 0.15) is 32.6 Å². The van der Waals surface area contributed by atoms with Gasteiger partial charge in [0, 0.05) is 25.2 Å². The van der Waals surface area contributed by atoms with Crippen molar-refractivity contribution >= 4 is 12.1 Å². The van der Waals surface area contributed by atoms with Gasteiger partial charge in [0.2, 0.25) is 5.91 Å². The maximum atomic E-state index is 11.0. The van der Waals surface area contributed by atoms with Gasteiger partial charge in [0.05, 0.1) is 0 Å². The third-order valence-corrected chi connectivity index (χ3v) is 3.58. The van der Waals surface area contributed by atoms with Crippen LogP contribution in [0, 0.1) is 11.8 Å².